The predicted octanol–water partition coefficient (Wildman–Crippen LogP) is -0.728. The van der Waals surface area contributed by atoms with Crippen LogP contribution in [0.15, 0.2) is 29.2 Å². The fourth-order valence-corrected chi connectivity index (χ4v) is 4.42. The van der Waals surface area contributed by atoms with Gasteiger partial charge in [0.25, 0.3) is 5.91 Å². The van der Waals surface area contributed by atoms with E-state index in [-0.39, 0.29) is 24.1 Å². The number of amides is 1. The quantitative estimate of drug-likeness (QED) is 0.293. The zero-order valence-corrected chi connectivity index (χ0v) is 16.0. The lowest BCUT2D eigenvalue weighted by atomic mass is 10.1. The monoisotopic (exact) mass is 396 g/mol. The Morgan fingerprint density at radius 1 is 1.48 bits per heavy atom. The Balaban J connectivity index is 2.18. The maximum Gasteiger partial charge on any atom is 0.263 e. The molecule has 9 nitrogen and oxygen atoms in total. The molecule has 3 unspecified atom stereocenters. The lowest BCUT2D eigenvalue weighted by Gasteiger charge is -2.37. The predicted molar refractivity (Wildman–Crippen MR) is 98.4 cm³/mol. The van der Waals surface area contributed by atoms with E-state index in [0.717, 1.165) is 4.31 Å². The molecule has 3 atom stereocenters. The van der Waals surface area contributed by atoms with Crippen LogP contribution in [0.1, 0.15) is 13.8 Å². The number of ether oxygens (including phenoxy) is 1. The molecule has 148 valence electrons. The number of hydrogen-bond acceptors (Lipinski definition) is 7. The first kappa shape index (κ1) is 21.1. The zero-order chi connectivity index (χ0) is 20.0. The highest BCUT2D eigenvalue weighted by Gasteiger charge is 2.41. The Morgan fingerprint density at radius 3 is 2.74 bits per heavy atom. The molecule has 1 amide bonds. The molecule has 1 saturated heterocycles. The van der Waals surface area contributed by atoms with Gasteiger partial charge in [0, 0.05) is 19.1 Å². The van der Waals surface area contributed by atoms with E-state index in [4.69, 9.17) is 15.7 Å². The van der Waals surface area contributed by atoms with Gasteiger partial charge in [-0.2, -0.15) is 4.31 Å². The smallest absolute Gasteiger partial charge is 0.263 e. The van der Waals surface area contributed by atoms with Crippen LogP contribution in [-0.4, -0.2) is 61.7 Å². The number of piperazine rings is 1. The molecule has 1 heterocycles. The number of nitrogens with two attached hydrogens (primary N) is 1. The van der Waals surface area contributed by atoms with Gasteiger partial charge in [0.05, 0.1) is 10.9 Å². The fourth-order valence-electron chi connectivity index (χ4n) is 2.76. The maximum absolute atomic E-state index is 13.0. The standard InChI is InChI=1S/C17H24N4O5S/c1-12(18)4-3-11-26-14-5-7-15(8-6-14)27(24,25)21-10-9-19-13(2)16(21)17(22)20-23/h5-8,12-13,16,19,23H,9-11,18H2,1-2H3,(H,20,22). The molecule has 0 aromatic heterocycles. The minimum atomic E-state index is -3.93. The second kappa shape index (κ2) is 9.16. The summed E-state index contributed by atoms with van der Waals surface area (Å²) in [7, 11) is -3.93. The summed E-state index contributed by atoms with van der Waals surface area (Å²) in [6.45, 7) is 4.09. The summed E-state index contributed by atoms with van der Waals surface area (Å²) in [5.74, 6) is 5.19. The van der Waals surface area contributed by atoms with Gasteiger partial charge >= 0.3 is 0 Å². The maximum atomic E-state index is 13.0. The molecule has 0 saturated carbocycles. The number of hydrogen-bond donors (Lipinski definition) is 4. The van der Waals surface area contributed by atoms with E-state index >= 15 is 0 Å². The second-order valence-corrected chi connectivity index (χ2v) is 8.04. The van der Waals surface area contributed by atoms with Crippen molar-refractivity contribution in [1.29, 1.82) is 0 Å². The van der Waals surface area contributed by atoms with Gasteiger partial charge in [-0.25, -0.2) is 13.9 Å². The number of carbonyl (C=O) groups is 1. The van der Waals surface area contributed by atoms with Gasteiger partial charge < -0.3 is 15.8 Å². The summed E-state index contributed by atoms with van der Waals surface area (Å²) in [5.41, 5.74) is 7.05. The van der Waals surface area contributed by atoms with Gasteiger partial charge in [-0.05, 0) is 38.1 Å². The second-order valence-electron chi connectivity index (χ2n) is 6.15. The molecule has 2 rings (SSSR count). The molecule has 27 heavy (non-hydrogen) atoms. The summed E-state index contributed by atoms with van der Waals surface area (Å²) < 4.78 is 32.4. The summed E-state index contributed by atoms with van der Waals surface area (Å²) in [4.78, 5) is 12.0. The summed E-state index contributed by atoms with van der Waals surface area (Å²) in [6, 6.07) is 4.10. The van der Waals surface area contributed by atoms with Crippen molar-refractivity contribution in [2.24, 2.45) is 5.73 Å². The molecule has 1 aliphatic heterocycles. The first-order chi connectivity index (χ1) is 12.8. The Morgan fingerprint density at radius 2 is 2.15 bits per heavy atom. The van der Waals surface area contributed by atoms with E-state index in [2.05, 4.69) is 17.2 Å². The number of nitrogens with one attached hydrogen (secondary N) is 2. The van der Waals surface area contributed by atoms with Crippen molar-refractivity contribution in [3.05, 3.63) is 24.3 Å². The van der Waals surface area contributed by atoms with Crippen molar-refractivity contribution in [2.75, 3.05) is 19.7 Å². The normalized spacial score (nSPS) is 21.6. The lowest BCUT2D eigenvalue weighted by molar-refractivity contribution is -0.134. The van der Waals surface area contributed by atoms with Crippen molar-refractivity contribution < 1.29 is 23.2 Å². The van der Waals surface area contributed by atoms with Crippen LogP contribution in [0.25, 0.3) is 0 Å². The third-order valence-corrected chi connectivity index (χ3v) is 5.93. The summed E-state index contributed by atoms with van der Waals surface area (Å²) >= 11 is 0. The van der Waals surface area contributed by atoms with E-state index in [1.165, 1.54) is 29.7 Å². The lowest BCUT2D eigenvalue weighted by Crippen LogP contribution is -2.63. The average Bonchev–Trinajstić information content (AvgIpc) is 2.64. The third-order valence-electron chi connectivity index (χ3n) is 4.03. The zero-order valence-electron chi connectivity index (χ0n) is 15.2. The van der Waals surface area contributed by atoms with Crippen LogP contribution in [-0.2, 0) is 14.8 Å². The molecule has 0 bridgehead atoms. The molecule has 1 aliphatic rings. The number of hydroxylamine groups is 1. The molecule has 1 aromatic rings. The van der Waals surface area contributed by atoms with Crippen molar-refractivity contribution in [1.82, 2.24) is 15.1 Å². The largest absolute Gasteiger partial charge is 0.481 e. The van der Waals surface area contributed by atoms with Gasteiger partial charge in [-0.1, -0.05) is 11.8 Å². The van der Waals surface area contributed by atoms with Crippen LogP contribution in [0, 0.1) is 11.8 Å². The number of sulfonamides is 1. The minimum absolute atomic E-state index is 0.0290. The highest BCUT2D eigenvalue weighted by Crippen LogP contribution is 2.24. The summed E-state index contributed by atoms with van der Waals surface area (Å²) in [5, 5.41) is 12.0. The fraction of sp³-hybridized carbons (Fsp3) is 0.471. The van der Waals surface area contributed by atoms with Crippen molar-refractivity contribution >= 4 is 15.9 Å². The van der Waals surface area contributed by atoms with Crippen molar-refractivity contribution in [3.8, 4) is 17.6 Å². The topological polar surface area (TPSA) is 134 Å². The molecule has 1 aromatic carbocycles. The molecule has 5 N–H and O–H groups in total. The highest BCUT2D eigenvalue weighted by molar-refractivity contribution is 7.89. The molecule has 1 fully saturated rings. The van der Waals surface area contributed by atoms with E-state index < -0.39 is 28.0 Å². The average molecular weight is 396 g/mol. The SMILES string of the molecule is CC(N)C#CCOc1ccc(S(=O)(=O)N2CCNC(C)C2C(=O)NO)cc1. The van der Waals surface area contributed by atoms with Gasteiger partial charge in [0.15, 0.2) is 0 Å². The van der Waals surface area contributed by atoms with E-state index in [9.17, 15) is 13.2 Å². The highest BCUT2D eigenvalue weighted by atomic mass is 32.2. The van der Waals surface area contributed by atoms with Crippen LogP contribution >= 0.6 is 0 Å². The Kier molecular flexibility index (Phi) is 7.18. The molecule has 0 spiro atoms. The Hall–Kier alpha value is -2.16. The van der Waals surface area contributed by atoms with Crippen LogP contribution in [0.5, 0.6) is 5.75 Å². The van der Waals surface area contributed by atoms with E-state index in [1.807, 2.05) is 0 Å². The number of benzene rings is 1. The van der Waals surface area contributed by atoms with Crippen LogP contribution in [0.3, 0.4) is 0 Å². The molecule has 0 aliphatic carbocycles. The van der Waals surface area contributed by atoms with Gasteiger partial charge in [0.2, 0.25) is 10.0 Å². The first-order valence-corrected chi connectivity index (χ1v) is 9.87. The molecular weight excluding hydrogens is 372 g/mol. The van der Waals surface area contributed by atoms with Crippen molar-refractivity contribution in [3.63, 3.8) is 0 Å². The Bertz CT molecular complexity index is 814. The van der Waals surface area contributed by atoms with Crippen LogP contribution < -0.4 is 21.3 Å². The Labute approximate surface area is 158 Å². The van der Waals surface area contributed by atoms with Crippen LogP contribution in [0.4, 0.5) is 0 Å². The van der Waals surface area contributed by atoms with E-state index in [0.29, 0.717) is 12.3 Å². The van der Waals surface area contributed by atoms with Crippen LogP contribution in [0.2, 0.25) is 0 Å². The number of carbonyl (C=O) groups excluding carboxylic acids is 1. The van der Waals surface area contributed by atoms with Gasteiger partial charge in [0.1, 0.15) is 18.4 Å². The molecule has 0 radical (unpaired) electrons. The molecule has 10 heteroatoms. The molecular formula is C17H24N4O5S. The number of rotatable bonds is 5. The first-order valence-electron chi connectivity index (χ1n) is 8.43. The van der Waals surface area contributed by atoms with Gasteiger partial charge in [-0.15, -0.1) is 0 Å². The van der Waals surface area contributed by atoms with Gasteiger partial charge in [-0.3, -0.25) is 10.0 Å². The van der Waals surface area contributed by atoms with E-state index in [1.54, 1.807) is 13.8 Å². The number of nitrogens with zero attached hydrogens (tertiary/aromatic N) is 1. The summed E-state index contributed by atoms with van der Waals surface area (Å²) in [6.07, 6.45) is 0. The van der Waals surface area contributed by atoms with Crippen molar-refractivity contribution in [2.45, 2.75) is 36.9 Å². The minimum Gasteiger partial charge on any atom is -0.481 e. The third kappa shape index (κ3) is 5.18.